The van der Waals surface area contributed by atoms with Gasteiger partial charge in [0.25, 0.3) is 5.56 Å². The normalized spacial score (nSPS) is 28.0. The molecule has 0 spiro atoms. The topological polar surface area (TPSA) is 140 Å². The molecule has 23 heavy (non-hydrogen) atoms. The van der Waals surface area contributed by atoms with E-state index in [1.807, 2.05) is 4.98 Å². The number of aliphatic hydroxyl groups is 2. The molecule has 1 fully saturated rings. The first-order valence-electron chi connectivity index (χ1n) is 6.19. The van der Waals surface area contributed by atoms with E-state index in [1.54, 1.807) is 0 Å². The number of hydrogen-bond donors (Lipinski definition) is 3. The molecule has 1 aliphatic rings. The van der Waals surface area contributed by atoms with E-state index in [2.05, 4.69) is 4.52 Å². The van der Waals surface area contributed by atoms with Crippen molar-refractivity contribution < 1.29 is 28.8 Å². The van der Waals surface area contributed by atoms with Gasteiger partial charge in [-0.25, -0.2) is 4.79 Å². The summed E-state index contributed by atoms with van der Waals surface area (Å²) in [7, 11) is 1.22. The maximum absolute atomic E-state index is 11.8. The van der Waals surface area contributed by atoms with Gasteiger partial charge in [0.15, 0.2) is 6.23 Å². The number of H-pyrrole nitrogens is 1. The van der Waals surface area contributed by atoms with Crippen LogP contribution in [0.25, 0.3) is 0 Å². The fourth-order valence-electron chi connectivity index (χ4n) is 2.06. The molecule has 0 aromatic carbocycles. The number of aromatic nitrogens is 2. The van der Waals surface area contributed by atoms with Crippen LogP contribution in [-0.2, 0) is 13.8 Å². The van der Waals surface area contributed by atoms with Crippen LogP contribution in [0.3, 0.4) is 0 Å². The number of aromatic amines is 1. The summed E-state index contributed by atoms with van der Waals surface area (Å²) >= 11 is 10.4. The lowest BCUT2D eigenvalue weighted by molar-refractivity contribution is -0.0510. The van der Waals surface area contributed by atoms with E-state index in [0.29, 0.717) is 0 Å². The van der Waals surface area contributed by atoms with Crippen molar-refractivity contribution in [3.8, 4) is 5.75 Å². The van der Waals surface area contributed by atoms with Crippen molar-refractivity contribution in [1.82, 2.24) is 9.55 Å². The van der Waals surface area contributed by atoms with E-state index in [0.717, 1.165) is 10.8 Å². The number of methoxy groups -OCH3 is 1. The van der Waals surface area contributed by atoms with Crippen molar-refractivity contribution >= 4 is 28.6 Å². The first kappa shape index (κ1) is 18.5. The van der Waals surface area contributed by atoms with Crippen molar-refractivity contribution in [2.45, 2.75) is 24.5 Å². The molecule has 1 aromatic rings. The van der Waals surface area contributed by atoms with Gasteiger partial charge in [0.05, 0.1) is 19.9 Å². The number of nitrogens with one attached hydrogen (secondary N) is 1. The summed E-state index contributed by atoms with van der Waals surface area (Å²) in [5, 5.41) is 19.9. The fourth-order valence-corrected chi connectivity index (χ4v) is 2.72. The quantitative estimate of drug-likeness (QED) is 0.585. The number of hydrogen-bond acceptors (Lipinski definition) is 8. The van der Waals surface area contributed by atoms with Gasteiger partial charge in [0.2, 0.25) is 5.75 Å². The molecule has 13 heteroatoms. The molecule has 0 radical (unpaired) electrons. The average molecular weight is 391 g/mol. The Labute approximate surface area is 138 Å². The lowest BCUT2D eigenvalue weighted by Crippen LogP contribution is -2.38. The molecule has 1 aliphatic heterocycles. The third kappa shape index (κ3) is 4.16. The van der Waals surface area contributed by atoms with E-state index in [1.165, 1.54) is 7.11 Å². The van der Waals surface area contributed by atoms with E-state index < -0.39 is 48.5 Å². The molecule has 130 valence electrons. The Hall–Kier alpha value is -0.870. The van der Waals surface area contributed by atoms with Gasteiger partial charge in [-0.1, -0.05) is 0 Å². The van der Waals surface area contributed by atoms with Crippen LogP contribution in [0.2, 0.25) is 0 Å². The van der Waals surface area contributed by atoms with Crippen molar-refractivity contribution in [2.75, 3.05) is 13.7 Å². The fraction of sp³-hybridized carbons (Fsp3) is 0.600. The molecule has 4 atom stereocenters. The predicted octanol–water partition coefficient (Wildman–Crippen LogP) is -0.233. The monoisotopic (exact) mass is 390 g/mol. The summed E-state index contributed by atoms with van der Waals surface area (Å²) in [5.74, 6) is -0.194. The second kappa shape index (κ2) is 6.94. The van der Waals surface area contributed by atoms with Gasteiger partial charge < -0.3 is 24.2 Å². The van der Waals surface area contributed by atoms with Gasteiger partial charge >= 0.3 is 11.8 Å². The highest BCUT2D eigenvalue weighted by atomic mass is 35.9. The maximum atomic E-state index is 11.8. The first-order valence-corrected chi connectivity index (χ1v) is 9.62. The van der Waals surface area contributed by atoms with Crippen LogP contribution in [0.1, 0.15) is 6.23 Å². The highest BCUT2D eigenvalue weighted by Gasteiger charge is 2.45. The van der Waals surface area contributed by atoms with E-state index in [-0.39, 0.29) is 5.75 Å². The van der Waals surface area contributed by atoms with E-state index in [4.69, 9.17) is 32.0 Å². The Morgan fingerprint density at radius 2 is 2.04 bits per heavy atom. The molecular formula is C10H13Cl2N2O8P. The molecule has 1 saturated heterocycles. The third-order valence-electron chi connectivity index (χ3n) is 3.16. The number of rotatable bonds is 5. The molecule has 10 nitrogen and oxygen atoms in total. The molecule has 2 heterocycles. The highest BCUT2D eigenvalue weighted by molar-refractivity contribution is 8.05. The Bertz CT molecular complexity index is 730. The SMILES string of the molecule is COc1cn([C@@H]2O[C@H](COP(=O)(Cl)Cl)[C@@H](O)[C@H]2O)c(=O)[nH]c1=O. The minimum absolute atomic E-state index is 0.194. The number of ether oxygens (including phenoxy) is 2. The largest absolute Gasteiger partial charge is 0.490 e. The van der Waals surface area contributed by atoms with Crippen LogP contribution in [0.5, 0.6) is 5.75 Å². The summed E-state index contributed by atoms with van der Waals surface area (Å²) in [6.07, 6.45) is -8.30. The second-order valence-corrected chi connectivity index (χ2v) is 8.90. The van der Waals surface area contributed by atoms with Gasteiger partial charge in [-0.05, 0) is 22.5 Å². The highest BCUT2D eigenvalue weighted by Crippen LogP contribution is 2.57. The van der Waals surface area contributed by atoms with Gasteiger partial charge in [-0.3, -0.25) is 18.9 Å². The summed E-state index contributed by atoms with van der Waals surface area (Å²) in [6, 6.07) is 0. The van der Waals surface area contributed by atoms with Gasteiger partial charge in [-0.15, -0.1) is 0 Å². The van der Waals surface area contributed by atoms with E-state index >= 15 is 0 Å². The van der Waals surface area contributed by atoms with Crippen molar-refractivity contribution in [3.05, 3.63) is 27.0 Å². The Balaban J connectivity index is 2.26. The zero-order valence-electron chi connectivity index (χ0n) is 11.6. The minimum atomic E-state index is -3.85. The van der Waals surface area contributed by atoms with Crippen LogP contribution in [0, 0.1) is 0 Å². The molecule has 0 saturated carbocycles. The molecule has 0 bridgehead atoms. The number of aliphatic hydroxyl groups excluding tert-OH is 2. The zero-order chi connectivity index (χ0) is 17.4. The smallest absolute Gasteiger partial charge is 0.380 e. The van der Waals surface area contributed by atoms with Crippen LogP contribution < -0.4 is 16.0 Å². The lowest BCUT2D eigenvalue weighted by Gasteiger charge is -2.17. The van der Waals surface area contributed by atoms with Crippen LogP contribution in [0.4, 0.5) is 0 Å². The summed E-state index contributed by atoms with van der Waals surface area (Å²) in [5.41, 5.74) is -1.64. The van der Waals surface area contributed by atoms with Crippen molar-refractivity contribution in [3.63, 3.8) is 0 Å². The molecule has 2 rings (SSSR count). The lowest BCUT2D eigenvalue weighted by atomic mass is 10.1. The van der Waals surface area contributed by atoms with Crippen molar-refractivity contribution in [1.29, 1.82) is 0 Å². The Kier molecular flexibility index (Phi) is 5.57. The van der Waals surface area contributed by atoms with Gasteiger partial charge in [0, 0.05) is 0 Å². The second-order valence-electron chi connectivity index (χ2n) is 4.62. The van der Waals surface area contributed by atoms with Gasteiger partial charge in [0.1, 0.15) is 18.3 Å². The summed E-state index contributed by atoms with van der Waals surface area (Å²) < 4.78 is 26.6. The molecule has 0 aliphatic carbocycles. The third-order valence-corrected chi connectivity index (χ3v) is 4.19. The molecule has 0 unspecified atom stereocenters. The molecule has 1 aromatic heterocycles. The Morgan fingerprint density at radius 1 is 1.39 bits per heavy atom. The van der Waals surface area contributed by atoms with Crippen LogP contribution in [-0.4, -0.2) is 51.8 Å². The Morgan fingerprint density at radius 3 is 2.61 bits per heavy atom. The first-order chi connectivity index (χ1) is 10.6. The maximum Gasteiger partial charge on any atom is 0.380 e. The summed E-state index contributed by atoms with van der Waals surface area (Å²) in [6.45, 7) is -0.478. The number of halogens is 2. The molecular weight excluding hydrogens is 378 g/mol. The average Bonchev–Trinajstić information content (AvgIpc) is 2.73. The van der Waals surface area contributed by atoms with Crippen LogP contribution >= 0.6 is 28.6 Å². The zero-order valence-corrected chi connectivity index (χ0v) is 14.0. The molecule has 3 N–H and O–H groups in total. The summed E-state index contributed by atoms with van der Waals surface area (Å²) in [4.78, 5) is 25.2. The van der Waals surface area contributed by atoms with E-state index in [9.17, 15) is 24.4 Å². The predicted molar refractivity (Wildman–Crippen MR) is 79.1 cm³/mol. The number of nitrogens with zero attached hydrogens (tertiary/aromatic N) is 1. The van der Waals surface area contributed by atoms with Crippen molar-refractivity contribution in [2.24, 2.45) is 0 Å². The van der Waals surface area contributed by atoms with Gasteiger partial charge in [-0.2, -0.15) is 0 Å². The minimum Gasteiger partial charge on any atom is -0.490 e. The standard InChI is InChI=1S/C10H13Cl2N2O8P/c1-20-4-2-14(10(18)13-8(4)17)9-7(16)6(15)5(22-9)3-21-23(11,12)19/h2,5-7,9,15-16H,3H2,1H3,(H,13,17,18)/t5-,6-,7-,9-/m1/s1. The van der Waals surface area contributed by atoms with Crippen LogP contribution in [0.15, 0.2) is 15.8 Å². The molecule has 0 amide bonds.